The lowest BCUT2D eigenvalue weighted by molar-refractivity contribution is 0.144. The van der Waals surface area contributed by atoms with E-state index in [1.807, 2.05) is 150 Å². The summed E-state index contributed by atoms with van der Waals surface area (Å²) in [5, 5.41) is 10.5. The van der Waals surface area contributed by atoms with E-state index in [9.17, 15) is 19.2 Å². The Balaban J connectivity index is 0.000000135. The van der Waals surface area contributed by atoms with Gasteiger partial charge in [0.25, 0.3) is 22.2 Å². The van der Waals surface area contributed by atoms with Crippen molar-refractivity contribution >= 4 is 88.7 Å². The molecule has 470 valence electrons. The van der Waals surface area contributed by atoms with Crippen LogP contribution >= 0.6 is 34.2 Å². The van der Waals surface area contributed by atoms with E-state index in [0.29, 0.717) is 40.4 Å². The van der Waals surface area contributed by atoms with Gasteiger partial charge in [-0.05, 0) is 144 Å². The van der Waals surface area contributed by atoms with Crippen LogP contribution in [0.2, 0.25) is 5.02 Å². The highest BCUT2D eigenvalue weighted by atomic mass is 127. The van der Waals surface area contributed by atoms with E-state index in [-0.39, 0.29) is 22.2 Å². The molecule has 0 amide bonds. The minimum atomic E-state index is -0.132. The van der Waals surface area contributed by atoms with Gasteiger partial charge in [-0.25, -0.2) is 0 Å². The fraction of sp³-hybridized carbons (Fsp3) is 0.231. The van der Waals surface area contributed by atoms with Gasteiger partial charge in [0.2, 0.25) is 0 Å². The highest BCUT2D eigenvalue weighted by molar-refractivity contribution is 14.1. The number of H-pyrrole nitrogens is 4. The molecule has 0 atom stereocenters. The Morgan fingerprint density at radius 1 is 0.435 bits per heavy atom. The second-order valence-electron chi connectivity index (χ2n) is 23.8. The standard InChI is InChI=1S/C22H26N2O3.C22H24N2O.C17H14ClNO.C17H14INO/c1-4-12-27-13-11-23-21-18-10-9-17(26-3)14-19(18)22(25)24-20(21)16-7-5-15(2)6-8-16;1-15-6-9-17(10-7-15)20-21(24-12-4-3-5-13-24)18-11-8-16(2)14-19(18)22(25)23-20;2*1-10-3-6-12(7-4-10)16-15(18)13-8-5-11(2)9-14(13)17(20)19-16/h5-10,14,23H,4,11-13H2,1-3H3,(H,24,25);6-11,14H,3-5,12-13H2,1-2H3,(H,23,25);2*3-9H,1-2H3,(H,19,20). The minimum absolute atomic E-state index is 0.00460. The third-order valence-electron chi connectivity index (χ3n) is 16.5. The van der Waals surface area contributed by atoms with Gasteiger partial charge in [-0.3, -0.25) is 19.2 Å². The first kappa shape index (κ1) is 65.9. The number of methoxy groups -OCH3 is 1. The van der Waals surface area contributed by atoms with Crippen molar-refractivity contribution in [2.24, 2.45) is 0 Å². The van der Waals surface area contributed by atoms with E-state index in [4.69, 9.17) is 21.1 Å². The summed E-state index contributed by atoms with van der Waals surface area (Å²) >= 11 is 8.78. The number of ether oxygens (including phenoxy) is 2. The number of hydrogen-bond donors (Lipinski definition) is 5. The number of nitrogens with one attached hydrogen (secondary N) is 5. The van der Waals surface area contributed by atoms with E-state index in [1.165, 1.54) is 47.2 Å². The van der Waals surface area contributed by atoms with Gasteiger partial charge in [0, 0.05) is 78.6 Å². The highest BCUT2D eigenvalue weighted by Gasteiger charge is 2.22. The minimum Gasteiger partial charge on any atom is -0.497 e. The number of benzene rings is 8. The third kappa shape index (κ3) is 15.3. The predicted octanol–water partition coefficient (Wildman–Crippen LogP) is 18.0. The second kappa shape index (κ2) is 29.9. The lowest BCUT2D eigenvalue weighted by atomic mass is 9.99. The highest BCUT2D eigenvalue weighted by Crippen LogP contribution is 2.38. The average Bonchev–Trinajstić information content (AvgIpc) is 0.796. The summed E-state index contributed by atoms with van der Waals surface area (Å²) in [4.78, 5) is 64.6. The number of aromatic nitrogens is 4. The van der Waals surface area contributed by atoms with Crippen molar-refractivity contribution in [1.29, 1.82) is 0 Å². The van der Waals surface area contributed by atoms with Crippen molar-refractivity contribution in [1.82, 2.24) is 19.9 Å². The Labute approximate surface area is 555 Å². The number of fused-ring (bicyclic) bond motifs is 4. The molecule has 1 fully saturated rings. The molecule has 12 aromatic rings. The number of pyridine rings is 4. The molecule has 14 heteroatoms. The average molecular weight is 1360 g/mol. The maximum Gasteiger partial charge on any atom is 0.256 e. The van der Waals surface area contributed by atoms with Gasteiger partial charge in [0.1, 0.15) is 5.75 Å². The van der Waals surface area contributed by atoms with Gasteiger partial charge in [-0.15, -0.1) is 0 Å². The molecule has 1 saturated heterocycles. The summed E-state index contributed by atoms with van der Waals surface area (Å²) in [6, 6.07) is 56.2. The summed E-state index contributed by atoms with van der Waals surface area (Å²) in [5.74, 6) is 0.660. The molecule has 92 heavy (non-hydrogen) atoms. The van der Waals surface area contributed by atoms with Crippen LogP contribution in [0.4, 0.5) is 11.4 Å². The monoisotopic (exact) mass is 1360 g/mol. The molecule has 0 aliphatic carbocycles. The van der Waals surface area contributed by atoms with Crippen LogP contribution in [-0.4, -0.2) is 59.9 Å². The molecule has 0 radical (unpaired) electrons. The summed E-state index contributed by atoms with van der Waals surface area (Å²) in [6.07, 6.45) is 4.70. The molecule has 1 aliphatic rings. The molecule has 0 unspecified atom stereocenters. The van der Waals surface area contributed by atoms with Crippen molar-refractivity contribution in [3.63, 3.8) is 0 Å². The second-order valence-corrected chi connectivity index (χ2v) is 25.2. The van der Waals surface area contributed by atoms with Crippen molar-refractivity contribution in [3.05, 3.63) is 259 Å². The molecule has 0 saturated carbocycles. The Morgan fingerprint density at radius 3 is 1.34 bits per heavy atom. The lowest BCUT2D eigenvalue weighted by Crippen LogP contribution is -2.31. The lowest BCUT2D eigenvalue weighted by Gasteiger charge is -2.31. The third-order valence-corrected chi connectivity index (χ3v) is 18.1. The number of aromatic amines is 4. The van der Waals surface area contributed by atoms with Gasteiger partial charge < -0.3 is 39.6 Å². The zero-order chi connectivity index (χ0) is 65.2. The van der Waals surface area contributed by atoms with Crippen LogP contribution in [0.1, 0.15) is 71.6 Å². The number of rotatable bonds is 12. The molecule has 5 heterocycles. The largest absolute Gasteiger partial charge is 0.497 e. The molecule has 0 spiro atoms. The van der Waals surface area contributed by atoms with Gasteiger partial charge >= 0.3 is 0 Å². The number of anilines is 2. The fourth-order valence-electron chi connectivity index (χ4n) is 11.5. The first-order valence-corrected chi connectivity index (χ1v) is 32.7. The van der Waals surface area contributed by atoms with Crippen LogP contribution in [-0.2, 0) is 4.74 Å². The predicted molar refractivity (Wildman–Crippen MR) is 393 cm³/mol. The summed E-state index contributed by atoms with van der Waals surface area (Å²) < 4.78 is 11.9. The van der Waals surface area contributed by atoms with E-state index in [2.05, 4.69) is 122 Å². The Bertz CT molecular complexity index is 4710. The van der Waals surface area contributed by atoms with Crippen LogP contribution in [0.25, 0.3) is 88.1 Å². The van der Waals surface area contributed by atoms with Crippen molar-refractivity contribution in [3.8, 4) is 50.8 Å². The SMILES string of the molecule is CCCOCCNc1c(-c2ccc(C)cc2)[nH]c(=O)c2cc(OC)ccc12.Cc1ccc(-c2[nH]c(=O)c3cc(C)ccc3c2Cl)cc1.Cc1ccc(-c2[nH]c(=O)c3cc(C)ccc3c2I)cc1.Cc1ccc(-c2[nH]c(=O)c3cc(C)ccc3c2N2CCCCC2)cc1. The topological polar surface area (TPSA) is 165 Å². The maximum absolute atomic E-state index is 12.8. The van der Waals surface area contributed by atoms with E-state index in [1.54, 1.807) is 13.2 Å². The van der Waals surface area contributed by atoms with Crippen LogP contribution < -0.4 is 37.2 Å². The Morgan fingerprint density at radius 2 is 0.826 bits per heavy atom. The van der Waals surface area contributed by atoms with Crippen molar-refractivity contribution < 1.29 is 9.47 Å². The van der Waals surface area contributed by atoms with E-state index in [0.717, 1.165) is 124 Å². The van der Waals surface area contributed by atoms with Crippen LogP contribution in [0.15, 0.2) is 189 Å². The first-order chi connectivity index (χ1) is 44.4. The number of piperidine rings is 1. The summed E-state index contributed by atoms with van der Waals surface area (Å²) in [5.41, 5.74) is 17.1. The van der Waals surface area contributed by atoms with Gasteiger partial charge in [-0.2, -0.15) is 0 Å². The van der Waals surface area contributed by atoms with Crippen LogP contribution in [0, 0.1) is 52.0 Å². The zero-order valence-electron chi connectivity index (χ0n) is 53.7. The van der Waals surface area contributed by atoms with Gasteiger partial charge in [0.05, 0.1) is 58.3 Å². The first-order valence-electron chi connectivity index (χ1n) is 31.3. The molecular formula is C78H78ClIN6O6. The molecule has 4 aromatic heterocycles. The Hall–Kier alpha value is -9.02. The maximum atomic E-state index is 12.8. The number of aryl methyl sites for hydroxylation is 7. The van der Waals surface area contributed by atoms with Crippen LogP contribution in [0.5, 0.6) is 5.75 Å². The number of halogens is 2. The molecule has 13 rings (SSSR count). The van der Waals surface area contributed by atoms with Gasteiger partial charge in [0.15, 0.2) is 0 Å². The Kier molecular flexibility index (Phi) is 21.5. The zero-order valence-corrected chi connectivity index (χ0v) is 56.6. The van der Waals surface area contributed by atoms with Gasteiger partial charge in [-0.1, -0.05) is 191 Å². The van der Waals surface area contributed by atoms with E-state index >= 15 is 0 Å². The fourth-order valence-corrected chi connectivity index (χ4v) is 12.7. The quantitative estimate of drug-likeness (QED) is 0.0596. The molecule has 12 nitrogen and oxygen atoms in total. The normalized spacial score (nSPS) is 12.0. The summed E-state index contributed by atoms with van der Waals surface area (Å²) in [7, 11) is 1.60. The molecular weight excluding hydrogens is 1280 g/mol. The molecule has 0 bridgehead atoms. The number of nitrogens with zero attached hydrogens (tertiary/aromatic N) is 1. The summed E-state index contributed by atoms with van der Waals surface area (Å²) in [6.45, 7) is 20.4. The van der Waals surface area contributed by atoms with Crippen molar-refractivity contribution in [2.75, 3.05) is 50.2 Å². The molecule has 8 aromatic carbocycles. The van der Waals surface area contributed by atoms with Crippen molar-refractivity contribution in [2.45, 2.75) is 81.1 Å². The number of hydrogen-bond acceptors (Lipinski definition) is 8. The van der Waals surface area contributed by atoms with E-state index < -0.39 is 0 Å². The molecule has 1 aliphatic heterocycles. The van der Waals surface area contributed by atoms with Crippen LogP contribution in [0.3, 0.4) is 0 Å². The molecule has 5 N–H and O–H groups in total. The smallest absolute Gasteiger partial charge is 0.256 e.